The Labute approximate surface area is 144 Å². The number of benzene rings is 1. The van der Waals surface area contributed by atoms with Crippen LogP contribution in [0.15, 0.2) is 36.5 Å². The molecule has 25 heavy (non-hydrogen) atoms. The molecule has 0 aliphatic heterocycles. The molecule has 5 N–H and O–H groups in total. The molecule has 0 radical (unpaired) electrons. The zero-order valence-electron chi connectivity index (χ0n) is 13.4. The van der Waals surface area contributed by atoms with Crippen molar-refractivity contribution in [2.24, 2.45) is 0 Å². The molecule has 1 aromatic heterocycles. The van der Waals surface area contributed by atoms with E-state index < -0.39 is 26.8 Å². The number of aliphatic hydroxyl groups is 1. The van der Waals surface area contributed by atoms with Crippen LogP contribution >= 0.6 is 15.2 Å². The number of rotatable bonds is 7. The van der Waals surface area contributed by atoms with E-state index in [2.05, 4.69) is 4.98 Å². The van der Waals surface area contributed by atoms with Gasteiger partial charge in [0.25, 0.3) is 5.08 Å². The van der Waals surface area contributed by atoms with Crippen molar-refractivity contribution in [2.45, 2.75) is 31.4 Å². The van der Waals surface area contributed by atoms with Crippen LogP contribution in [-0.2, 0) is 22.1 Å². The Hall–Kier alpha value is -1.31. The summed E-state index contributed by atoms with van der Waals surface area (Å²) in [6.07, 6.45) is 2.50. The highest BCUT2D eigenvalue weighted by molar-refractivity contribution is 7.72. The molecule has 0 aliphatic carbocycles. The van der Waals surface area contributed by atoms with Gasteiger partial charge in [0.05, 0.1) is 18.4 Å². The average molecular weight is 390 g/mol. The fraction of sp³-hybridized carbons (Fsp3) is 0.357. The largest absolute Gasteiger partial charge is 0.371 e. The molecule has 1 heterocycles. The molecule has 0 saturated heterocycles. The molecular formula is C14H20N2O7P2. The van der Waals surface area contributed by atoms with Crippen molar-refractivity contribution < 1.29 is 33.8 Å². The summed E-state index contributed by atoms with van der Waals surface area (Å²) in [5.41, 5.74) is 1.03. The van der Waals surface area contributed by atoms with Crippen molar-refractivity contribution in [3.05, 3.63) is 42.4 Å². The first-order valence-electron chi connectivity index (χ1n) is 7.44. The van der Waals surface area contributed by atoms with Crippen molar-refractivity contribution in [3.8, 4) is 11.3 Å². The second-order valence-corrected chi connectivity index (χ2v) is 9.63. The third kappa shape index (κ3) is 3.93. The Bertz CT molecular complexity index is 803. The first kappa shape index (κ1) is 20.0. The van der Waals surface area contributed by atoms with Crippen LogP contribution in [0.5, 0.6) is 0 Å². The molecule has 138 valence electrons. The van der Waals surface area contributed by atoms with E-state index in [0.717, 1.165) is 0 Å². The van der Waals surface area contributed by atoms with Crippen LogP contribution in [0.4, 0.5) is 0 Å². The van der Waals surface area contributed by atoms with Crippen molar-refractivity contribution in [2.75, 3.05) is 0 Å². The van der Waals surface area contributed by atoms with Gasteiger partial charge < -0.3 is 29.2 Å². The smallest absolute Gasteiger partial charge is 0.366 e. The lowest BCUT2D eigenvalue weighted by Crippen LogP contribution is -2.34. The Morgan fingerprint density at radius 2 is 1.64 bits per heavy atom. The second kappa shape index (κ2) is 7.13. The van der Waals surface area contributed by atoms with Gasteiger partial charge in [0.2, 0.25) is 0 Å². The number of hydrogen-bond acceptors (Lipinski definition) is 4. The normalized spacial score (nSPS) is 13.2. The van der Waals surface area contributed by atoms with Gasteiger partial charge in [-0.1, -0.05) is 37.3 Å². The topological polar surface area (TPSA) is 153 Å². The predicted octanol–water partition coefficient (Wildman–Crippen LogP) is 1.50. The molecule has 2 rings (SSSR count). The van der Waals surface area contributed by atoms with E-state index in [9.17, 15) is 33.8 Å². The highest BCUT2D eigenvalue weighted by Gasteiger charge is 2.60. The van der Waals surface area contributed by atoms with Gasteiger partial charge in [0, 0.05) is 6.42 Å². The first-order valence-corrected chi connectivity index (χ1v) is 10.7. The molecule has 0 fully saturated rings. The van der Waals surface area contributed by atoms with Crippen LogP contribution < -0.4 is 0 Å². The minimum absolute atomic E-state index is 0.363. The van der Waals surface area contributed by atoms with Crippen molar-refractivity contribution in [3.63, 3.8) is 0 Å². The quantitative estimate of drug-likeness (QED) is 0.446. The molecule has 0 aliphatic rings. The highest BCUT2D eigenvalue weighted by atomic mass is 31.2. The summed E-state index contributed by atoms with van der Waals surface area (Å²) in [6.45, 7) is 0.875. The maximum absolute atomic E-state index is 11.7. The second-order valence-electron chi connectivity index (χ2n) is 5.62. The zero-order chi connectivity index (χ0) is 18.9. The third-order valence-electron chi connectivity index (χ3n) is 3.78. The van der Waals surface area contributed by atoms with Gasteiger partial charge in [-0.3, -0.25) is 9.13 Å². The van der Waals surface area contributed by atoms with E-state index in [1.165, 1.54) is 10.8 Å². The van der Waals surface area contributed by atoms with E-state index in [0.29, 0.717) is 29.9 Å². The molecule has 2 aromatic rings. The number of aryl methyl sites for hydroxylation is 1. The summed E-state index contributed by atoms with van der Waals surface area (Å²) in [6, 6.07) is 8.70. The number of imidazole rings is 1. The summed E-state index contributed by atoms with van der Waals surface area (Å²) < 4.78 is 24.6. The monoisotopic (exact) mass is 390 g/mol. The van der Waals surface area contributed by atoms with Crippen LogP contribution in [0, 0.1) is 0 Å². The minimum atomic E-state index is -5.56. The summed E-state index contributed by atoms with van der Waals surface area (Å²) in [5.74, 6) is 0.363. The molecule has 0 atom stereocenters. The molecule has 0 unspecified atom stereocenters. The van der Waals surface area contributed by atoms with Gasteiger partial charge in [-0.05, 0) is 12.0 Å². The van der Waals surface area contributed by atoms with Crippen LogP contribution in [0.2, 0.25) is 0 Å². The summed E-state index contributed by atoms with van der Waals surface area (Å²) >= 11 is 0. The fourth-order valence-electron chi connectivity index (χ4n) is 2.42. The van der Waals surface area contributed by atoms with Gasteiger partial charge in [-0.15, -0.1) is 0 Å². The standard InChI is InChI=1S/C14H20N2O7P2/c1-2-6-13-15-9-12(11-7-4-3-5-8-11)16(13)10-14(17,24(18,19)20)25(21,22)23/h3-5,7-9,17H,2,6,10H2,1H3,(H2,18,19,20)(H2,21,22,23). The Kier molecular flexibility index (Phi) is 5.71. The lowest BCUT2D eigenvalue weighted by atomic mass is 10.1. The van der Waals surface area contributed by atoms with Gasteiger partial charge in [-0.25, -0.2) is 4.98 Å². The molecule has 11 heteroatoms. The molecule has 0 spiro atoms. The van der Waals surface area contributed by atoms with E-state index in [4.69, 9.17) is 0 Å². The van der Waals surface area contributed by atoms with E-state index in [1.54, 1.807) is 30.3 Å². The third-order valence-corrected chi connectivity index (χ3v) is 7.50. The fourth-order valence-corrected chi connectivity index (χ4v) is 4.43. The van der Waals surface area contributed by atoms with Gasteiger partial charge in [-0.2, -0.15) is 0 Å². The predicted molar refractivity (Wildman–Crippen MR) is 90.7 cm³/mol. The SMILES string of the molecule is CCCc1ncc(-c2ccccc2)n1CC(O)(P(=O)(O)O)P(=O)(O)O. The molecule has 0 amide bonds. The molecular weight excluding hydrogens is 370 g/mol. The van der Waals surface area contributed by atoms with Crippen LogP contribution in [-0.4, -0.2) is 39.3 Å². The van der Waals surface area contributed by atoms with Crippen molar-refractivity contribution in [1.82, 2.24) is 9.55 Å². The highest BCUT2D eigenvalue weighted by Crippen LogP contribution is 2.68. The number of nitrogens with zero attached hydrogens (tertiary/aromatic N) is 2. The molecule has 9 nitrogen and oxygen atoms in total. The van der Waals surface area contributed by atoms with Crippen molar-refractivity contribution in [1.29, 1.82) is 0 Å². The van der Waals surface area contributed by atoms with Crippen molar-refractivity contribution >= 4 is 15.2 Å². The number of aromatic nitrogens is 2. The molecule has 1 aromatic carbocycles. The summed E-state index contributed by atoms with van der Waals surface area (Å²) in [7, 11) is -11.1. The minimum Gasteiger partial charge on any atom is -0.366 e. The van der Waals surface area contributed by atoms with E-state index in [1.807, 2.05) is 6.92 Å². The average Bonchev–Trinajstić information content (AvgIpc) is 2.89. The van der Waals surface area contributed by atoms with E-state index >= 15 is 0 Å². The maximum Gasteiger partial charge on any atom is 0.371 e. The Morgan fingerprint density at radius 1 is 1.08 bits per heavy atom. The first-order chi connectivity index (χ1) is 11.5. The van der Waals surface area contributed by atoms with Crippen LogP contribution in [0.1, 0.15) is 19.2 Å². The zero-order valence-corrected chi connectivity index (χ0v) is 15.2. The van der Waals surface area contributed by atoms with Crippen LogP contribution in [0.25, 0.3) is 11.3 Å². The Morgan fingerprint density at radius 3 is 2.12 bits per heavy atom. The summed E-state index contributed by atoms with van der Waals surface area (Å²) in [5, 5.41) is 6.71. The lowest BCUT2D eigenvalue weighted by Gasteiger charge is -2.30. The Balaban J connectivity index is 2.62. The number of hydrogen-bond donors (Lipinski definition) is 5. The van der Waals surface area contributed by atoms with Gasteiger partial charge in [0.15, 0.2) is 0 Å². The molecule has 0 saturated carbocycles. The van der Waals surface area contributed by atoms with Crippen LogP contribution in [0.3, 0.4) is 0 Å². The van der Waals surface area contributed by atoms with E-state index in [-0.39, 0.29) is 0 Å². The molecule has 0 bridgehead atoms. The lowest BCUT2D eigenvalue weighted by molar-refractivity contribution is 0.115. The summed E-state index contributed by atoms with van der Waals surface area (Å²) in [4.78, 5) is 41.7. The van der Waals surface area contributed by atoms with Gasteiger partial charge in [0.1, 0.15) is 5.82 Å². The van der Waals surface area contributed by atoms with Gasteiger partial charge >= 0.3 is 15.2 Å². The maximum atomic E-state index is 11.7.